The lowest BCUT2D eigenvalue weighted by Gasteiger charge is -2.24. The third-order valence-electron chi connectivity index (χ3n) is 6.20. The van der Waals surface area contributed by atoms with Crippen molar-refractivity contribution in [2.75, 3.05) is 27.3 Å². The standard InChI is InChI=1S/C27H28N2O2/c1-30-25-13-12-20(18-26(25)31-2)14-17-29-16-7-15-27(19-28)23-10-5-3-8-21(23)22-9-4-6-11-24(22)27/h3-6,8-13,18,29H,7,14-17H2,1-2H3. The molecule has 0 aliphatic heterocycles. The number of ether oxygens (including phenoxy) is 2. The van der Waals surface area contributed by atoms with E-state index < -0.39 is 5.41 Å². The molecule has 0 aromatic heterocycles. The first-order chi connectivity index (χ1) is 15.2. The molecule has 4 heteroatoms. The van der Waals surface area contributed by atoms with Crippen LogP contribution in [0.3, 0.4) is 0 Å². The molecule has 0 atom stereocenters. The van der Waals surface area contributed by atoms with Gasteiger partial charge in [-0.25, -0.2) is 0 Å². The third kappa shape index (κ3) is 3.89. The second-order valence-electron chi connectivity index (χ2n) is 7.90. The van der Waals surface area contributed by atoms with Gasteiger partial charge in [0.05, 0.1) is 20.3 Å². The second-order valence-corrected chi connectivity index (χ2v) is 7.90. The van der Waals surface area contributed by atoms with Crippen LogP contribution in [0.25, 0.3) is 11.1 Å². The first kappa shape index (κ1) is 21.0. The smallest absolute Gasteiger partial charge is 0.160 e. The van der Waals surface area contributed by atoms with Gasteiger partial charge < -0.3 is 14.8 Å². The van der Waals surface area contributed by atoms with E-state index in [1.807, 2.05) is 24.3 Å². The van der Waals surface area contributed by atoms with Crippen LogP contribution in [0, 0.1) is 11.3 Å². The van der Waals surface area contributed by atoms with E-state index in [1.165, 1.54) is 16.7 Å². The molecule has 3 aromatic carbocycles. The van der Waals surface area contributed by atoms with Crippen molar-refractivity contribution in [1.82, 2.24) is 5.32 Å². The van der Waals surface area contributed by atoms with Crippen LogP contribution in [0.5, 0.6) is 11.5 Å². The van der Waals surface area contributed by atoms with Gasteiger partial charge in [0.15, 0.2) is 11.5 Å². The maximum atomic E-state index is 10.3. The van der Waals surface area contributed by atoms with Crippen LogP contribution in [0.1, 0.15) is 29.5 Å². The summed E-state index contributed by atoms with van der Waals surface area (Å²) in [5.74, 6) is 1.51. The summed E-state index contributed by atoms with van der Waals surface area (Å²) in [4.78, 5) is 0. The number of nitrogens with one attached hydrogen (secondary N) is 1. The van der Waals surface area contributed by atoms with Crippen molar-refractivity contribution in [2.45, 2.75) is 24.7 Å². The van der Waals surface area contributed by atoms with E-state index in [1.54, 1.807) is 14.2 Å². The van der Waals surface area contributed by atoms with Crippen LogP contribution in [-0.4, -0.2) is 27.3 Å². The Kier molecular flexibility index (Phi) is 6.25. The molecule has 158 valence electrons. The van der Waals surface area contributed by atoms with Crippen LogP contribution >= 0.6 is 0 Å². The van der Waals surface area contributed by atoms with Gasteiger partial charge in [0.1, 0.15) is 5.41 Å². The summed E-state index contributed by atoms with van der Waals surface area (Å²) in [7, 11) is 3.30. The number of fused-ring (bicyclic) bond motifs is 3. The Balaban J connectivity index is 1.36. The fraction of sp³-hybridized carbons (Fsp3) is 0.296. The Hall–Kier alpha value is -3.29. The zero-order valence-electron chi connectivity index (χ0n) is 18.2. The molecule has 0 spiro atoms. The minimum Gasteiger partial charge on any atom is -0.493 e. The van der Waals surface area contributed by atoms with Crippen molar-refractivity contribution < 1.29 is 9.47 Å². The van der Waals surface area contributed by atoms with Crippen LogP contribution < -0.4 is 14.8 Å². The van der Waals surface area contributed by atoms with Crippen LogP contribution in [-0.2, 0) is 11.8 Å². The summed E-state index contributed by atoms with van der Waals surface area (Å²) in [5, 5.41) is 13.8. The fourth-order valence-electron chi connectivity index (χ4n) is 4.64. The van der Waals surface area contributed by atoms with Crippen molar-refractivity contribution >= 4 is 0 Å². The van der Waals surface area contributed by atoms with Crippen molar-refractivity contribution in [2.24, 2.45) is 0 Å². The molecule has 4 nitrogen and oxygen atoms in total. The molecule has 0 amide bonds. The van der Waals surface area contributed by atoms with Gasteiger partial charge in [-0.2, -0.15) is 5.26 Å². The molecule has 1 aliphatic rings. The van der Waals surface area contributed by atoms with E-state index in [0.29, 0.717) is 0 Å². The van der Waals surface area contributed by atoms with Crippen molar-refractivity contribution in [3.63, 3.8) is 0 Å². The minimum absolute atomic E-state index is 0.557. The molecule has 0 saturated heterocycles. The van der Waals surface area contributed by atoms with Gasteiger partial charge in [0, 0.05) is 0 Å². The maximum absolute atomic E-state index is 10.3. The molecular formula is C27H28N2O2. The molecule has 3 aromatic rings. The molecule has 0 unspecified atom stereocenters. The quantitative estimate of drug-likeness (QED) is 0.497. The van der Waals surface area contributed by atoms with Gasteiger partial charge >= 0.3 is 0 Å². The molecule has 0 bridgehead atoms. The van der Waals surface area contributed by atoms with Crippen molar-refractivity contribution in [3.8, 4) is 28.7 Å². The van der Waals surface area contributed by atoms with E-state index in [-0.39, 0.29) is 0 Å². The number of hydrogen-bond donors (Lipinski definition) is 1. The Morgan fingerprint density at radius 2 is 1.48 bits per heavy atom. The topological polar surface area (TPSA) is 54.3 Å². The predicted octanol–water partition coefficient (Wildman–Crippen LogP) is 5.11. The molecule has 1 aliphatic carbocycles. The summed E-state index contributed by atoms with van der Waals surface area (Å²) >= 11 is 0. The number of rotatable bonds is 9. The highest BCUT2D eigenvalue weighted by Gasteiger charge is 2.42. The summed E-state index contributed by atoms with van der Waals surface area (Å²) < 4.78 is 10.7. The molecule has 0 saturated carbocycles. The Bertz CT molecular complexity index is 1050. The maximum Gasteiger partial charge on any atom is 0.160 e. The van der Waals surface area contributed by atoms with Gasteiger partial charge in [0.2, 0.25) is 0 Å². The number of benzene rings is 3. The van der Waals surface area contributed by atoms with E-state index in [9.17, 15) is 5.26 Å². The van der Waals surface area contributed by atoms with E-state index >= 15 is 0 Å². The zero-order valence-corrected chi connectivity index (χ0v) is 18.2. The predicted molar refractivity (Wildman–Crippen MR) is 124 cm³/mol. The Morgan fingerprint density at radius 3 is 2.10 bits per heavy atom. The van der Waals surface area contributed by atoms with E-state index in [4.69, 9.17) is 9.47 Å². The van der Waals surface area contributed by atoms with Gasteiger partial charge in [-0.05, 0) is 72.3 Å². The highest BCUT2D eigenvalue weighted by molar-refractivity contribution is 5.82. The van der Waals surface area contributed by atoms with E-state index in [0.717, 1.165) is 55.0 Å². The summed E-state index contributed by atoms with van der Waals surface area (Å²) in [5.41, 5.74) is 5.32. The third-order valence-corrected chi connectivity index (χ3v) is 6.20. The van der Waals surface area contributed by atoms with E-state index in [2.05, 4.69) is 53.9 Å². The SMILES string of the molecule is COc1ccc(CCNCCCC2(C#N)c3ccccc3-c3ccccc32)cc1OC. The van der Waals surface area contributed by atoms with Gasteiger partial charge in [-0.15, -0.1) is 0 Å². The lowest BCUT2D eigenvalue weighted by atomic mass is 9.76. The lowest BCUT2D eigenvalue weighted by molar-refractivity contribution is 0.354. The summed E-state index contributed by atoms with van der Waals surface area (Å²) in [6.07, 6.45) is 2.65. The average Bonchev–Trinajstić information content (AvgIpc) is 3.11. The van der Waals surface area contributed by atoms with Crippen LogP contribution in [0.15, 0.2) is 66.7 Å². The number of hydrogen-bond acceptors (Lipinski definition) is 4. The lowest BCUT2D eigenvalue weighted by Crippen LogP contribution is -2.26. The van der Waals surface area contributed by atoms with Crippen molar-refractivity contribution in [1.29, 1.82) is 5.26 Å². The van der Waals surface area contributed by atoms with Crippen molar-refractivity contribution in [3.05, 3.63) is 83.4 Å². The number of nitriles is 1. The zero-order chi connectivity index (χ0) is 21.7. The van der Waals surface area contributed by atoms with Gasteiger partial charge in [-0.1, -0.05) is 54.6 Å². The molecule has 0 fully saturated rings. The first-order valence-electron chi connectivity index (χ1n) is 10.8. The van der Waals surface area contributed by atoms with Crippen LogP contribution in [0.2, 0.25) is 0 Å². The molecule has 31 heavy (non-hydrogen) atoms. The van der Waals surface area contributed by atoms with Crippen LogP contribution in [0.4, 0.5) is 0 Å². The largest absolute Gasteiger partial charge is 0.493 e. The normalized spacial score (nSPS) is 13.2. The fourth-order valence-corrected chi connectivity index (χ4v) is 4.64. The van der Waals surface area contributed by atoms with Gasteiger partial charge in [0.25, 0.3) is 0 Å². The number of nitrogens with zero attached hydrogens (tertiary/aromatic N) is 1. The second kappa shape index (κ2) is 9.24. The molecule has 1 N–H and O–H groups in total. The highest BCUT2D eigenvalue weighted by Crippen LogP contribution is 2.50. The average molecular weight is 413 g/mol. The highest BCUT2D eigenvalue weighted by atomic mass is 16.5. The minimum atomic E-state index is -0.557. The number of methoxy groups -OCH3 is 2. The monoisotopic (exact) mass is 412 g/mol. The molecule has 0 radical (unpaired) electrons. The molecule has 0 heterocycles. The summed E-state index contributed by atoms with van der Waals surface area (Å²) in [6.45, 7) is 1.75. The van der Waals surface area contributed by atoms with Gasteiger partial charge in [-0.3, -0.25) is 0 Å². The molecule has 4 rings (SSSR count). The summed E-state index contributed by atoms with van der Waals surface area (Å²) in [6, 6.07) is 25.4. The Morgan fingerprint density at radius 1 is 0.839 bits per heavy atom. The molecular weight excluding hydrogens is 384 g/mol. The Labute approximate surface area is 184 Å². The first-order valence-corrected chi connectivity index (χ1v) is 10.8.